The smallest absolute Gasteiger partial charge is 0 e. The summed E-state index contributed by atoms with van der Waals surface area (Å²) in [5.41, 5.74) is 0. The van der Waals surface area contributed by atoms with Crippen molar-refractivity contribution in [2.24, 2.45) is 0 Å². The van der Waals surface area contributed by atoms with Gasteiger partial charge in [-0.25, -0.2) is 0 Å². The van der Waals surface area contributed by atoms with Crippen LogP contribution in [-0.2, 0) is 65.4 Å². The molecule has 0 aliphatic carbocycles. The Labute approximate surface area is 104 Å². The van der Waals surface area contributed by atoms with Gasteiger partial charge in [-0.05, 0) is 14.1 Å². The van der Waals surface area contributed by atoms with Gasteiger partial charge in [-0.3, -0.25) is 7.05 Å². The summed E-state index contributed by atoms with van der Waals surface area (Å²) in [5, 5.41) is 0. The molecule has 0 amide bonds. The van der Waals surface area contributed by atoms with Crippen molar-refractivity contribution in [1.29, 1.82) is 0 Å². The van der Waals surface area contributed by atoms with Crippen molar-refractivity contribution in [2.45, 2.75) is 6.92 Å². The number of rotatable bonds is 0. The van der Waals surface area contributed by atoms with Crippen LogP contribution in [0.3, 0.4) is 0 Å². The molecule has 0 aromatic carbocycles. The normalized spacial score (nSPS) is 5.25. The number of hydrogen-bond acceptors (Lipinski definition) is 1. The van der Waals surface area contributed by atoms with Crippen LogP contribution in [0.5, 0.6) is 0 Å². The SMILES string of the molecule is [CH2-]C.[CH2-]N(C)C.[Y].[Y]. The molecule has 3 heteroatoms. The quantitative estimate of drug-likeness (QED) is 0.594. The van der Waals surface area contributed by atoms with Gasteiger partial charge in [-0.1, -0.05) is 0 Å². The first kappa shape index (κ1) is 22.5. The van der Waals surface area contributed by atoms with Gasteiger partial charge in [-0.15, -0.1) is 0 Å². The molecule has 8 heavy (non-hydrogen) atoms. The monoisotopic (exact) mass is 265 g/mol. The second-order valence-corrected chi connectivity index (χ2v) is 1.08. The average Bonchev–Trinajstić information content (AvgIpc) is 1.41. The Balaban J connectivity index is -0.0000000183. The topological polar surface area (TPSA) is 3.24 Å². The van der Waals surface area contributed by atoms with Gasteiger partial charge in [-0.2, -0.15) is 6.92 Å². The van der Waals surface area contributed by atoms with Gasteiger partial charge in [0.2, 0.25) is 0 Å². The molecule has 2 radical (unpaired) electrons. The molecule has 1 nitrogen and oxygen atoms in total. The van der Waals surface area contributed by atoms with Gasteiger partial charge in [0.15, 0.2) is 0 Å². The summed E-state index contributed by atoms with van der Waals surface area (Å²) in [6.45, 7) is 5.00. The molecule has 0 unspecified atom stereocenters. The van der Waals surface area contributed by atoms with Crippen LogP contribution in [-0.4, -0.2) is 19.0 Å². The fourth-order valence-electron chi connectivity index (χ4n) is 0. The molecule has 0 rings (SSSR count). The van der Waals surface area contributed by atoms with Gasteiger partial charge < -0.3 is 11.8 Å². The minimum Gasteiger partial charge on any atom is -0.464 e. The summed E-state index contributed by atoms with van der Waals surface area (Å²) >= 11 is 0. The van der Waals surface area contributed by atoms with Crippen molar-refractivity contribution in [3.63, 3.8) is 0 Å². The van der Waals surface area contributed by atoms with E-state index in [1.807, 2.05) is 14.1 Å². The van der Waals surface area contributed by atoms with Crippen LogP contribution in [0.15, 0.2) is 0 Å². The van der Waals surface area contributed by atoms with Gasteiger partial charge in [0.1, 0.15) is 0 Å². The zero-order valence-electron chi connectivity index (χ0n) is 6.02. The fraction of sp³-hybridized carbons (Fsp3) is 0.600. The molecule has 0 saturated heterocycles. The van der Waals surface area contributed by atoms with Crippen LogP contribution in [0.1, 0.15) is 6.92 Å². The Hall–Kier alpha value is 2.17. The Morgan fingerprint density at radius 1 is 1.00 bits per heavy atom. The van der Waals surface area contributed by atoms with Crippen LogP contribution in [0.2, 0.25) is 0 Å². The largest absolute Gasteiger partial charge is 0.464 e. The Morgan fingerprint density at radius 2 is 1.00 bits per heavy atom. The second-order valence-electron chi connectivity index (χ2n) is 1.08. The first-order valence-electron chi connectivity index (χ1n) is 1.92. The van der Waals surface area contributed by atoms with Crippen LogP contribution in [0.4, 0.5) is 0 Å². The summed E-state index contributed by atoms with van der Waals surface area (Å²) in [7, 11) is 7.25. The van der Waals surface area contributed by atoms with Crippen molar-refractivity contribution in [1.82, 2.24) is 4.90 Å². The van der Waals surface area contributed by atoms with Gasteiger partial charge in [0, 0.05) is 65.4 Å². The van der Waals surface area contributed by atoms with E-state index >= 15 is 0 Å². The Kier molecular flexibility index (Phi) is 64.3. The van der Waals surface area contributed by atoms with Crippen molar-refractivity contribution >= 4 is 0 Å². The second kappa shape index (κ2) is 22.9. The molecule has 0 atom stereocenters. The molecule has 46 valence electrons. The summed E-state index contributed by atoms with van der Waals surface area (Å²) in [6.07, 6.45) is 0. The van der Waals surface area contributed by atoms with Crippen molar-refractivity contribution in [3.05, 3.63) is 14.0 Å². The maximum atomic E-state index is 3.47. The Bertz CT molecular complexity index is 15.1. The summed E-state index contributed by atoms with van der Waals surface area (Å²) < 4.78 is 0. The predicted molar refractivity (Wildman–Crippen MR) is 30.1 cm³/mol. The van der Waals surface area contributed by atoms with Gasteiger partial charge >= 0.3 is 0 Å². The van der Waals surface area contributed by atoms with Crippen molar-refractivity contribution in [3.8, 4) is 0 Å². The Morgan fingerprint density at radius 3 is 1.00 bits per heavy atom. The zero-order valence-corrected chi connectivity index (χ0v) is 11.7. The van der Waals surface area contributed by atoms with E-state index in [0.717, 1.165) is 0 Å². The zero-order chi connectivity index (χ0) is 5.58. The van der Waals surface area contributed by atoms with Gasteiger partial charge in [0.05, 0.1) is 0 Å². The molecular weight excluding hydrogens is 252 g/mol. The summed E-state index contributed by atoms with van der Waals surface area (Å²) in [5.74, 6) is 0. The first-order valence-corrected chi connectivity index (χ1v) is 1.92. The van der Waals surface area contributed by atoms with E-state index in [9.17, 15) is 0 Å². The van der Waals surface area contributed by atoms with Crippen molar-refractivity contribution < 1.29 is 65.4 Å². The van der Waals surface area contributed by atoms with E-state index in [1.165, 1.54) is 0 Å². The molecule has 0 aliphatic heterocycles. The summed E-state index contributed by atoms with van der Waals surface area (Å²) in [6, 6.07) is 0. The van der Waals surface area contributed by atoms with E-state index in [4.69, 9.17) is 0 Å². The minimum atomic E-state index is 0. The molecule has 0 aromatic heterocycles. The molecule has 0 fully saturated rings. The number of hydrogen-bond donors (Lipinski definition) is 0. The van der Waals surface area contributed by atoms with E-state index < -0.39 is 0 Å². The summed E-state index contributed by atoms with van der Waals surface area (Å²) in [4.78, 5) is 1.75. The van der Waals surface area contributed by atoms with Crippen LogP contribution < -0.4 is 0 Å². The van der Waals surface area contributed by atoms with Crippen LogP contribution in [0, 0.1) is 14.0 Å². The van der Waals surface area contributed by atoms with Crippen LogP contribution in [0.25, 0.3) is 0 Å². The third kappa shape index (κ3) is 89.3. The molecule has 0 spiro atoms. The standard InChI is InChI=1S/C3H8N.C2H5.2Y/c1-4(2)3;1-2;;/h1H2,2-3H3;1H2,2H3;;/q2*-1;;. The van der Waals surface area contributed by atoms with E-state index in [1.54, 1.807) is 11.8 Å². The van der Waals surface area contributed by atoms with E-state index in [-0.39, 0.29) is 65.4 Å². The maximum Gasteiger partial charge on any atom is 0 e. The fourth-order valence-corrected chi connectivity index (χ4v) is 0. The molecule has 0 aromatic rings. The average molecular weight is 265 g/mol. The molecule has 0 bridgehead atoms. The molecule has 0 N–H and O–H groups in total. The van der Waals surface area contributed by atoms with E-state index in [2.05, 4.69) is 14.0 Å². The van der Waals surface area contributed by atoms with Gasteiger partial charge in [0.25, 0.3) is 0 Å². The third-order valence-electron chi connectivity index (χ3n) is 0. The molecule has 0 heterocycles. The molecular formula is C5H13NY2-2. The van der Waals surface area contributed by atoms with E-state index in [0.29, 0.717) is 0 Å². The first-order chi connectivity index (χ1) is 2.73. The molecule has 0 saturated carbocycles. The van der Waals surface area contributed by atoms with Crippen molar-refractivity contribution in [2.75, 3.05) is 14.1 Å². The predicted octanol–water partition coefficient (Wildman–Crippen LogP) is 1.17. The third-order valence-corrected chi connectivity index (χ3v) is 0. The maximum absolute atomic E-state index is 3.47. The van der Waals surface area contributed by atoms with Crippen LogP contribution >= 0.6 is 0 Å². The molecule has 0 aliphatic rings. The number of nitrogens with zero attached hydrogens (tertiary/aromatic N) is 1. The minimum absolute atomic E-state index is 0.